The Kier molecular flexibility index (Phi) is 2.94. The summed E-state index contributed by atoms with van der Waals surface area (Å²) < 4.78 is 5.02. The van der Waals surface area contributed by atoms with Crippen molar-refractivity contribution in [2.75, 3.05) is 7.11 Å². The summed E-state index contributed by atoms with van der Waals surface area (Å²) >= 11 is 0. The molecule has 1 aromatic rings. The molecule has 0 fully saturated rings. The second kappa shape index (κ2) is 3.79. The standard InChI is InChI=1S/C11H16O2/c1-7-5-8(2)10(6-13-4)11(12)9(7)3/h5,12H,6H2,1-4H3. The molecule has 0 aliphatic heterocycles. The van der Waals surface area contributed by atoms with Crippen molar-refractivity contribution in [2.45, 2.75) is 27.4 Å². The Balaban J connectivity index is 3.26. The fourth-order valence-electron chi connectivity index (χ4n) is 1.45. The van der Waals surface area contributed by atoms with E-state index in [-0.39, 0.29) is 0 Å². The molecule has 0 bridgehead atoms. The summed E-state index contributed by atoms with van der Waals surface area (Å²) in [4.78, 5) is 0. The minimum atomic E-state index is 0.374. The Labute approximate surface area is 79.2 Å². The Bertz CT molecular complexity index is 316. The van der Waals surface area contributed by atoms with Crippen molar-refractivity contribution in [1.29, 1.82) is 0 Å². The average Bonchev–Trinajstić information content (AvgIpc) is 2.09. The van der Waals surface area contributed by atoms with Crippen molar-refractivity contribution in [1.82, 2.24) is 0 Å². The molecule has 0 aliphatic rings. The van der Waals surface area contributed by atoms with E-state index in [1.807, 2.05) is 20.8 Å². The van der Waals surface area contributed by atoms with Crippen LogP contribution in [0.2, 0.25) is 0 Å². The molecule has 1 aromatic carbocycles. The topological polar surface area (TPSA) is 29.5 Å². The van der Waals surface area contributed by atoms with Gasteiger partial charge in [0.25, 0.3) is 0 Å². The first kappa shape index (κ1) is 10.1. The van der Waals surface area contributed by atoms with Crippen LogP contribution < -0.4 is 0 Å². The lowest BCUT2D eigenvalue weighted by atomic mass is 10.00. The number of hydrogen-bond donors (Lipinski definition) is 1. The Hall–Kier alpha value is -1.02. The van der Waals surface area contributed by atoms with E-state index >= 15 is 0 Å². The predicted octanol–water partition coefficient (Wildman–Crippen LogP) is 2.46. The van der Waals surface area contributed by atoms with E-state index in [4.69, 9.17) is 4.74 Å². The molecule has 0 spiro atoms. The van der Waals surface area contributed by atoms with E-state index in [9.17, 15) is 5.11 Å². The number of methoxy groups -OCH3 is 1. The quantitative estimate of drug-likeness (QED) is 0.757. The highest BCUT2D eigenvalue weighted by molar-refractivity contribution is 5.48. The van der Waals surface area contributed by atoms with Crippen molar-refractivity contribution in [3.8, 4) is 5.75 Å². The van der Waals surface area contributed by atoms with E-state index in [1.54, 1.807) is 7.11 Å². The molecular formula is C11H16O2. The van der Waals surface area contributed by atoms with Gasteiger partial charge in [0.1, 0.15) is 5.75 Å². The third-order valence-corrected chi connectivity index (χ3v) is 2.43. The van der Waals surface area contributed by atoms with Gasteiger partial charge in [0, 0.05) is 12.7 Å². The van der Waals surface area contributed by atoms with Gasteiger partial charge in [-0.2, -0.15) is 0 Å². The molecule has 13 heavy (non-hydrogen) atoms. The van der Waals surface area contributed by atoms with Crippen molar-refractivity contribution < 1.29 is 9.84 Å². The van der Waals surface area contributed by atoms with Gasteiger partial charge in [0.2, 0.25) is 0 Å². The number of aryl methyl sites for hydroxylation is 2. The molecule has 72 valence electrons. The van der Waals surface area contributed by atoms with Gasteiger partial charge in [0.15, 0.2) is 0 Å². The molecule has 0 unspecified atom stereocenters. The van der Waals surface area contributed by atoms with Gasteiger partial charge in [-0.3, -0.25) is 0 Å². The minimum Gasteiger partial charge on any atom is -0.507 e. The monoisotopic (exact) mass is 180 g/mol. The molecular weight excluding hydrogens is 164 g/mol. The smallest absolute Gasteiger partial charge is 0.124 e. The van der Waals surface area contributed by atoms with Crippen LogP contribution in [0.1, 0.15) is 22.3 Å². The third kappa shape index (κ3) is 1.83. The number of phenolic OH excluding ortho intramolecular Hbond substituents is 1. The number of benzene rings is 1. The molecule has 2 nitrogen and oxygen atoms in total. The van der Waals surface area contributed by atoms with Gasteiger partial charge >= 0.3 is 0 Å². The van der Waals surface area contributed by atoms with Gasteiger partial charge in [-0.1, -0.05) is 6.07 Å². The van der Waals surface area contributed by atoms with Crippen LogP contribution >= 0.6 is 0 Å². The van der Waals surface area contributed by atoms with Gasteiger partial charge in [-0.05, 0) is 37.5 Å². The average molecular weight is 180 g/mol. The second-order valence-electron chi connectivity index (χ2n) is 3.40. The Morgan fingerprint density at radius 3 is 2.38 bits per heavy atom. The number of aromatic hydroxyl groups is 1. The molecule has 0 amide bonds. The highest BCUT2D eigenvalue weighted by Gasteiger charge is 2.09. The Morgan fingerprint density at radius 2 is 1.85 bits per heavy atom. The number of rotatable bonds is 2. The zero-order chi connectivity index (χ0) is 10.0. The number of ether oxygens (including phenoxy) is 1. The first-order valence-corrected chi connectivity index (χ1v) is 4.35. The van der Waals surface area contributed by atoms with Crippen molar-refractivity contribution in [2.24, 2.45) is 0 Å². The first-order valence-electron chi connectivity index (χ1n) is 4.35. The minimum absolute atomic E-state index is 0.374. The van der Waals surface area contributed by atoms with Crippen molar-refractivity contribution in [3.63, 3.8) is 0 Å². The summed E-state index contributed by atoms with van der Waals surface area (Å²) in [6.07, 6.45) is 0. The molecule has 0 atom stereocenters. The number of phenols is 1. The van der Waals surface area contributed by atoms with E-state index in [1.165, 1.54) is 0 Å². The zero-order valence-electron chi connectivity index (χ0n) is 8.64. The van der Waals surface area contributed by atoms with E-state index < -0.39 is 0 Å². The molecule has 1 N–H and O–H groups in total. The lowest BCUT2D eigenvalue weighted by molar-refractivity contribution is 0.181. The first-order chi connectivity index (χ1) is 6.07. The SMILES string of the molecule is COCc1c(C)cc(C)c(C)c1O. The largest absolute Gasteiger partial charge is 0.507 e. The van der Waals surface area contributed by atoms with Crippen LogP contribution in [-0.4, -0.2) is 12.2 Å². The predicted molar refractivity (Wildman–Crippen MR) is 53.0 cm³/mol. The molecule has 0 saturated heterocycles. The maximum absolute atomic E-state index is 9.81. The van der Waals surface area contributed by atoms with Gasteiger partial charge in [0.05, 0.1) is 6.61 Å². The van der Waals surface area contributed by atoms with Crippen LogP contribution in [0.15, 0.2) is 6.07 Å². The summed E-state index contributed by atoms with van der Waals surface area (Å²) in [5.41, 5.74) is 4.04. The van der Waals surface area contributed by atoms with E-state index in [2.05, 4.69) is 6.07 Å². The van der Waals surface area contributed by atoms with Gasteiger partial charge in [-0.15, -0.1) is 0 Å². The second-order valence-corrected chi connectivity index (χ2v) is 3.40. The summed E-state index contributed by atoms with van der Waals surface area (Å²) in [7, 11) is 1.63. The zero-order valence-corrected chi connectivity index (χ0v) is 8.64. The molecule has 0 radical (unpaired) electrons. The van der Waals surface area contributed by atoms with Crippen molar-refractivity contribution in [3.05, 3.63) is 28.3 Å². The molecule has 2 heteroatoms. The van der Waals surface area contributed by atoms with Gasteiger partial charge in [-0.25, -0.2) is 0 Å². The molecule has 0 saturated carbocycles. The highest BCUT2D eigenvalue weighted by atomic mass is 16.5. The van der Waals surface area contributed by atoms with Crippen LogP contribution in [0.25, 0.3) is 0 Å². The maximum atomic E-state index is 9.81. The fourth-order valence-corrected chi connectivity index (χ4v) is 1.45. The molecule has 0 heterocycles. The lowest BCUT2D eigenvalue weighted by Crippen LogP contribution is -1.96. The van der Waals surface area contributed by atoms with Crippen LogP contribution in [0.3, 0.4) is 0 Å². The fraction of sp³-hybridized carbons (Fsp3) is 0.455. The van der Waals surface area contributed by atoms with Crippen LogP contribution in [-0.2, 0) is 11.3 Å². The summed E-state index contributed by atoms with van der Waals surface area (Å²) in [5.74, 6) is 0.374. The highest BCUT2D eigenvalue weighted by Crippen LogP contribution is 2.28. The van der Waals surface area contributed by atoms with Gasteiger partial charge < -0.3 is 9.84 Å². The maximum Gasteiger partial charge on any atom is 0.124 e. The summed E-state index contributed by atoms with van der Waals surface area (Å²) in [6.45, 7) is 6.38. The molecule has 0 aliphatic carbocycles. The lowest BCUT2D eigenvalue weighted by Gasteiger charge is -2.12. The third-order valence-electron chi connectivity index (χ3n) is 2.43. The van der Waals surface area contributed by atoms with Crippen LogP contribution in [0, 0.1) is 20.8 Å². The summed E-state index contributed by atoms with van der Waals surface area (Å²) in [5, 5.41) is 9.81. The van der Waals surface area contributed by atoms with Crippen molar-refractivity contribution >= 4 is 0 Å². The van der Waals surface area contributed by atoms with Crippen LogP contribution in [0.5, 0.6) is 5.75 Å². The normalized spacial score (nSPS) is 10.5. The van der Waals surface area contributed by atoms with E-state index in [0.29, 0.717) is 12.4 Å². The molecule has 0 aromatic heterocycles. The summed E-state index contributed by atoms with van der Waals surface area (Å²) in [6, 6.07) is 2.07. The van der Waals surface area contributed by atoms with E-state index in [0.717, 1.165) is 22.3 Å². The Morgan fingerprint density at radius 1 is 1.23 bits per heavy atom. The molecule has 1 rings (SSSR count). The van der Waals surface area contributed by atoms with Crippen LogP contribution in [0.4, 0.5) is 0 Å². The number of hydrogen-bond acceptors (Lipinski definition) is 2.